The predicted octanol–water partition coefficient (Wildman–Crippen LogP) is 1.06. The topological polar surface area (TPSA) is 185 Å². The van der Waals surface area contributed by atoms with Crippen LogP contribution < -0.4 is 10.6 Å². The number of aliphatic hydroxyl groups is 1. The van der Waals surface area contributed by atoms with Crippen LogP contribution in [0.2, 0.25) is 0 Å². The van der Waals surface area contributed by atoms with Gasteiger partial charge in [0.2, 0.25) is 5.91 Å². The molecule has 1 aliphatic rings. The molecule has 3 heterocycles. The summed E-state index contributed by atoms with van der Waals surface area (Å²) < 4.78 is 31.9. The third kappa shape index (κ3) is 6.65. The highest BCUT2D eigenvalue weighted by atomic mass is 32.2. The van der Waals surface area contributed by atoms with E-state index in [1.54, 1.807) is 12.1 Å². The van der Waals surface area contributed by atoms with Crippen LogP contribution in [0.15, 0.2) is 46.0 Å². The zero-order valence-electron chi connectivity index (χ0n) is 19.9. The Bertz CT molecular complexity index is 1180. The molecule has 3 rings (SSSR count). The van der Waals surface area contributed by atoms with Crippen LogP contribution in [-0.2, 0) is 14.8 Å². The zero-order chi connectivity index (χ0) is 26.5. The molecule has 36 heavy (non-hydrogen) atoms. The van der Waals surface area contributed by atoms with E-state index in [1.165, 1.54) is 12.3 Å². The molecule has 0 spiro atoms. The fourth-order valence-electron chi connectivity index (χ4n) is 3.89. The van der Waals surface area contributed by atoms with Gasteiger partial charge in [-0.15, -0.1) is 0 Å². The molecule has 2 amide bonds. The van der Waals surface area contributed by atoms with Gasteiger partial charge in [0, 0.05) is 19.3 Å². The lowest BCUT2D eigenvalue weighted by Gasteiger charge is -2.27. The van der Waals surface area contributed by atoms with Gasteiger partial charge >= 0.3 is 5.88 Å². The number of carbonyl (C=O) groups is 2. The van der Waals surface area contributed by atoms with Crippen LogP contribution in [-0.4, -0.2) is 70.8 Å². The number of amides is 2. The molecule has 3 N–H and O–H groups in total. The minimum Gasteiger partial charge on any atom is -0.395 e. The quantitative estimate of drug-likeness (QED) is 0.319. The summed E-state index contributed by atoms with van der Waals surface area (Å²) in [6.45, 7) is 3.61. The number of aromatic nitrogens is 1. The average Bonchev–Trinajstić information content (AvgIpc) is 3.26. The maximum Gasteiger partial charge on any atom is 0.433 e. The third-order valence-corrected chi connectivity index (χ3v) is 7.45. The summed E-state index contributed by atoms with van der Waals surface area (Å²) in [5.41, 5.74) is 0. The van der Waals surface area contributed by atoms with Crippen LogP contribution in [0.25, 0.3) is 0 Å². The number of nitro groups is 1. The molecule has 0 radical (unpaired) electrons. The first-order valence-electron chi connectivity index (χ1n) is 11.4. The Morgan fingerprint density at radius 1 is 1.31 bits per heavy atom. The van der Waals surface area contributed by atoms with E-state index in [0.717, 1.165) is 16.4 Å². The lowest BCUT2D eigenvalue weighted by molar-refractivity contribution is -0.402. The average molecular weight is 524 g/mol. The Morgan fingerprint density at radius 3 is 2.67 bits per heavy atom. The van der Waals surface area contributed by atoms with Gasteiger partial charge in [0.1, 0.15) is 11.0 Å². The van der Waals surface area contributed by atoms with Crippen molar-refractivity contribution in [1.29, 1.82) is 0 Å². The molecule has 2 unspecified atom stereocenters. The predicted molar refractivity (Wildman–Crippen MR) is 126 cm³/mol. The van der Waals surface area contributed by atoms with Gasteiger partial charge in [0.15, 0.2) is 10.8 Å². The Kier molecular flexibility index (Phi) is 8.76. The normalized spacial score (nSPS) is 19.9. The smallest absolute Gasteiger partial charge is 0.395 e. The number of carbonyl (C=O) groups excluding carboxylic acids is 2. The summed E-state index contributed by atoms with van der Waals surface area (Å²) in [6.07, 6.45) is 1.12. The van der Waals surface area contributed by atoms with E-state index in [1.807, 2.05) is 13.8 Å². The van der Waals surface area contributed by atoms with Crippen molar-refractivity contribution < 1.29 is 32.5 Å². The van der Waals surface area contributed by atoms with Crippen LogP contribution in [0.5, 0.6) is 0 Å². The lowest BCUT2D eigenvalue weighted by Crippen LogP contribution is -2.54. The van der Waals surface area contributed by atoms with Crippen molar-refractivity contribution in [2.45, 2.75) is 56.3 Å². The number of nitrogens with one attached hydrogen (secondary N) is 2. The SMILES string of the molecule is CC(C)C[C@H](NC(=O)c1ccc([N+](=O)[O-])o1)C(=O)NC1CCCN(S(=O)(=O)c2ccccn2)CC1O. The third-order valence-electron chi connectivity index (χ3n) is 5.67. The minimum absolute atomic E-state index is 0.00468. The van der Waals surface area contributed by atoms with Gasteiger partial charge in [-0.2, -0.15) is 4.31 Å². The van der Waals surface area contributed by atoms with Crippen LogP contribution in [0.3, 0.4) is 0 Å². The van der Waals surface area contributed by atoms with E-state index in [0.29, 0.717) is 12.8 Å². The second-order valence-electron chi connectivity index (χ2n) is 8.91. The van der Waals surface area contributed by atoms with Crippen molar-refractivity contribution in [3.63, 3.8) is 0 Å². The van der Waals surface area contributed by atoms with Gasteiger partial charge in [-0.3, -0.25) is 19.7 Å². The molecule has 2 aromatic rings. The number of hydrogen-bond acceptors (Lipinski definition) is 9. The zero-order valence-corrected chi connectivity index (χ0v) is 20.7. The molecule has 1 saturated heterocycles. The summed E-state index contributed by atoms with van der Waals surface area (Å²) in [7, 11) is -3.92. The minimum atomic E-state index is -3.92. The summed E-state index contributed by atoms with van der Waals surface area (Å²) in [6, 6.07) is 4.95. The highest BCUT2D eigenvalue weighted by Gasteiger charge is 2.35. The fourth-order valence-corrected chi connectivity index (χ4v) is 5.32. The number of hydrogen-bond donors (Lipinski definition) is 3. The second-order valence-corrected chi connectivity index (χ2v) is 10.8. The van der Waals surface area contributed by atoms with E-state index in [4.69, 9.17) is 4.42 Å². The maximum atomic E-state index is 13.1. The number of sulfonamides is 1. The molecule has 0 saturated carbocycles. The summed E-state index contributed by atoms with van der Waals surface area (Å²) in [5, 5.41) is 26.7. The second kappa shape index (κ2) is 11.6. The van der Waals surface area contributed by atoms with Crippen molar-refractivity contribution in [3.8, 4) is 0 Å². The van der Waals surface area contributed by atoms with E-state index in [9.17, 15) is 33.2 Å². The Labute approximate surface area is 208 Å². The summed E-state index contributed by atoms with van der Waals surface area (Å²) in [5.74, 6) is -2.27. The fraction of sp³-hybridized carbons (Fsp3) is 0.500. The van der Waals surface area contributed by atoms with E-state index in [-0.39, 0.29) is 36.2 Å². The molecule has 1 fully saturated rings. The maximum absolute atomic E-state index is 13.1. The number of furan rings is 1. The van der Waals surface area contributed by atoms with E-state index in [2.05, 4.69) is 15.6 Å². The first-order valence-corrected chi connectivity index (χ1v) is 12.9. The monoisotopic (exact) mass is 523 g/mol. The van der Waals surface area contributed by atoms with Gasteiger partial charge < -0.3 is 20.2 Å². The van der Waals surface area contributed by atoms with Crippen molar-refractivity contribution in [3.05, 3.63) is 52.4 Å². The van der Waals surface area contributed by atoms with Gasteiger partial charge in [-0.05, 0) is 43.4 Å². The highest BCUT2D eigenvalue weighted by molar-refractivity contribution is 7.89. The Balaban J connectivity index is 1.68. The van der Waals surface area contributed by atoms with Crippen LogP contribution in [0.4, 0.5) is 5.88 Å². The molecule has 3 atom stereocenters. The molecule has 0 bridgehead atoms. The molecule has 1 aliphatic heterocycles. The number of nitrogens with zero attached hydrogens (tertiary/aromatic N) is 3. The molecule has 0 aromatic carbocycles. The molecular weight excluding hydrogens is 494 g/mol. The van der Waals surface area contributed by atoms with Crippen LogP contribution >= 0.6 is 0 Å². The van der Waals surface area contributed by atoms with E-state index < -0.39 is 50.8 Å². The van der Waals surface area contributed by atoms with Crippen LogP contribution in [0, 0.1) is 16.0 Å². The number of pyridine rings is 1. The number of rotatable bonds is 9. The largest absolute Gasteiger partial charge is 0.433 e. The molecular formula is C22H29N5O8S. The lowest BCUT2D eigenvalue weighted by atomic mass is 10.0. The van der Waals surface area contributed by atoms with Crippen molar-refractivity contribution in [1.82, 2.24) is 19.9 Å². The molecule has 2 aromatic heterocycles. The number of aliphatic hydroxyl groups excluding tert-OH is 1. The van der Waals surface area contributed by atoms with Crippen LogP contribution in [0.1, 0.15) is 43.7 Å². The first kappa shape index (κ1) is 27.2. The Hall–Kier alpha value is -3.36. The highest BCUT2D eigenvalue weighted by Crippen LogP contribution is 2.20. The first-order chi connectivity index (χ1) is 17.0. The van der Waals surface area contributed by atoms with Gasteiger partial charge in [0.25, 0.3) is 15.9 Å². The van der Waals surface area contributed by atoms with Crippen molar-refractivity contribution in [2.75, 3.05) is 13.1 Å². The van der Waals surface area contributed by atoms with Gasteiger partial charge in [0.05, 0.1) is 18.2 Å². The summed E-state index contributed by atoms with van der Waals surface area (Å²) >= 11 is 0. The standard InChI is InChI=1S/C22H29N5O8S/c1-14(2)12-16(25-22(30)18-8-9-20(35-18)27(31)32)21(29)24-15-6-5-11-26(13-17(15)28)36(33,34)19-7-3-4-10-23-19/h3-4,7-10,14-17,28H,5-6,11-13H2,1-2H3,(H,24,29)(H,25,30)/t15?,16-,17?/m0/s1. The van der Waals surface area contributed by atoms with E-state index >= 15 is 0 Å². The Morgan fingerprint density at radius 2 is 2.06 bits per heavy atom. The molecule has 0 aliphatic carbocycles. The molecule has 13 nitrogen and oxygen atoms in total. The van der Waals surface area contributed by atoms with Gasteiger partial charge in [-0.25, -0.2) is 13.4 Å². The van der Waals surface area contributed by atoms with Crippen molar-refractivity contribution in [2.24, 2.45) is 5.92 Å². The van der Waals surface area contributed by atoms with Gasteiger partial charge in [-0.1, -0.05) is 19.9 Å². The molecule has 14 heteroatoms. The van der Waals surface area contributed by atoms with Crippen molar-refractivity contribution >= 4 is 27.7 Å². The summed E-state index contributed by atoms with van der Waals surface area (Å²) in [4.78, 5) is 39.5. The number of β-amino-alcohol motifs (C(OH)–C–C–N with tert-alkyl or cyclic N) is 1. The molecule has 196 valence electrons.